The fraction of sp³-hybridized carbons (Fsp3) is 0.722. The number of thiazole rings is 1. The van der Waals surface area contributed by atoms with Crippen LogP contribution in [0.1, 0.15) is 54.5 Å². The topological polar surface area (TPSA) is 74.8 Å². The van der Waals surface area contributed by atoms with Crippen LogP contribution < -0.4 is 5.32 Å². The van der Waals surface area contributed by atoms with Crippen molar-refractivity contribution in [1.82, 2.24) is 20.1 Å². The van der Waals surface area contributed by atoms with Crippen molar-refractivity contribution in [3.63, 3.8) is 0 Å². The molecule has 0 bridgehead atoms. The van der Waals surface area contributed by atoms with Gasteiger partial charge in [0, 0.05) is 44.1 Å². The molecular weight excluding hydrogens is 352 g/mol. The average Bonchev–Trinajstić information content (AvgIpc) is 3.12. The summed E-state index contributed by atoms with van der Waals surface area (Å²) in [5, 5.41) is 5.51. The Morgan fingerprint density at radius 1 is 1.23 bits per heavy atom. The van der Waals surface area contributed by atoms with Gasteiger partial charge in [-0.1, -0.05) is 19.3 Å². The lowest BCUT2D eigenvalue weighted by Crippen LogP contribution is -2.53. The van der Waals surface area contributed by atoms with Gasteiger partial charge in [-0.3, -0.25) is 4.90 Å². The van der Waals surface area contributed by atoms with Crippen molar-refractivity contribution in [2.75, 3.05) is 32.8 Å². The first-order chi connectivity index (χ1) is 12.7. The molecule has 144 valence electrons. The molecule has 0 spiro atoms. The highest BCUT2D eigenvalue weighted by atomic mass is 32.1. The van der Waals surface area contributed by atoms with Gasteiger partial charge in [0.2, 0.25) is 5.01 Å². The second-order valence-electron chi connectivity index (χ2n) is 6.91. The van der Waals surface area contributed by atoms with Crippen molar-refractivity contribution < 1.29 is 14.3 Å². The molecule has 1 aliphatic heterocycles. The van der Waals surface area contributed by atoms with Gasteiger partial charge in [0.15, 0.2) is 0 Å². The Bertz CT molecular complexity index is 607. The molecular formula is C18H28N4O3S. The van der Waals surface area contributed by atoms with Gasteiger partial charge in [0.25, 0.3) is 0 Å². The summed E-state index contributed by atoms with van der Waals surface area (Å²) in [4.78, 5) is 32.6. The molecule has 1 aliphatic carbocycles. The molecule has 0 radical (unpaired) electrons. The minimum atomic E-state index is -0.354. The van der Waals surface area contributed by atoms with E-state index in [1.165, 1.54) is 30.6 Å². The number of aromatic nitrogens is 1. The summed E-state index contributed by atoms with van der Waals surface area (Å²) in [6.45, 7) is 5.96. The summed E-state index contributed by atoms with van der Waals surface area (Å²) in [6, 6.07) is 0.431. The summed E-state index contributed by atoms with van der Waals surface area (Å²) in [5.41, 5.74) is 0.887. The monoisotopic (exact) mass is 380 g/mol. The predicted molar refractivity (Wildman–Crippen MR) is 100 cm³/mol. The van der Waals surface area contributed by atoms with E-state index in [0.29, 0.717) is 24.2 Å². The summed E-state index contributed by atoms with van der Waals surface area (Å²) in [6.07, 6.45) is 5.95. The fourth-order valence-electron chi connectivity index (χ4n) is 3.52. The second kappa shape index (κ2) is 9.32. The third-order valence-electron chi connectivity index (χ3n) is 4.98. The van der Waals surface area contributed by atoms with Crippen LogP contribution in [0.4, 0.5) is 4.79 Å². The summed E-state index contributed by atoms with van der Waals surface area (Å²) < 4.78 is 4.98. The Morgan fingerprint density at radius 2 is 1.96 bits per heavy atom. The van der Waals surface area contributed by atoms with E-state index in [1.807, 2.05) is 10.3 Å². The van der Waals surface area contributed by atoms with E-state index in [9.17, 15) is 9.59 Å². The number of carbonyl (C=O) groups is 2. The van der Waals surface area contributed by atoms with Gasteiger partial charge < -0.3 is 15.0 Å². The van der Waals surface area contributed by atoms with E-state index in [-0.39, 0.29) is 12.0 Å². The van der Waals surface area contributed by atoms with Gasteiger partial charge in [-0.2, -0.15) is 0 Å². The van der Waals surface area contributed by atoms with Crippen LogP contribution in [0.2, 0.25) is 0 Å². The molecule has 1 aromatic heterocycles. The van der Waals surface area contributed by atoms with Gasteiger partial charge in [0.1, 0.15) is 0 Å². The van der Waals surface area contributed by atoms with Crippen LogP contribution in [0.5, 0.6) is 0 Å². The fourth-order valence-corrected chi connectivity index (χ4v) is 4.22. The van der Waals surface area contributed by atoms with Crippen LogP contribution in [0.15, 0.2) is 5.38 Å². The van der Waals surface area contributed by atoms with Gasteiger partial charge in [-0.25, -0.2) is 14.6 Å². The minimum Gasteiger partial charge on any atom is -0.461 e. The molecule has 2 amide bonds. The maximum absolute atomic E-state index is 12.4. The number of ether oxygens (including phenoxy) is 1. The molecule has 1 saturated heterocycles. The Balaban J connectivity index is 1.42. The molecule has 1 saturated carbocycles. The molecule has 0 aromatic carbocycles. The van der Waals surface area contributed by atoms with Crippen molar-refractivity contribution in [3.8, 4) is 0 Å². The molecule has 1 N–H and O–H groups in total. The quantitative estimate of drug-likeness (QED) is 0.795. The molecule has 2 aliphatic rings. The molecule has 7 nitrogen and oxygen atoms in total. The van der Waals surface area contributed by atoms with Crippen LogP contribution in [0, 0.1) is 0 Å². The van der Waals surface area contributed by atoms with E-state index in [0.717, 1.165) is 44.7 Å². The van der Waals surface area contributed by atoms with Gasteiger partial charge in [-0.05, 0) is 19.8 Å². The number of hydrogen-bond donors (Lipinski definition) is 1. The number of esters is 1. The average molecular weight is 381 g/mol. The SMILES string of the molecule is CCOC(=O)c1nc(CN2CCN(C(=O)NC3CCCCC3)CC2)cs1. The normalized spacial score (nSPS) is 19.3. The summed E-state index contributed by atoms with van der Waals surface area (Å²) >= 11 is 1.32. The van der Waals surface area contributed by atoms with Crippen LogP contribution in [0.25, 0.3) is 0 Å². The van der Waals surface area contributed by atoms with Crippen LogP contribution in [-0.4, -0.2) is 65.6 Å². The van der Waals surface area contributed by atoms with Gasteiger partial charge >= 0.3 is 12.0 Å². The van der Waals surface area contributed by atoms with Gasteiger partial charge in [-0.15, -0.1) is 11.3 Å². The van der Waals surface area contributed by atoms with E-state index in [4.69, 9.17) is 4.74 Å². The number of carbonyl (C=O) groups excluding carboxylic acids is 2. The Hall–Kier alpha value is -1.67. The predicted octanol–water partition coefficient (Wildman–Crippen LogP) is 2.48. The van der Waals surface area contributed by atoms with E-state index >= 15 is 0 Å². The van der Waals surface area contributed by atoms with Crippen LogP contribution in [-0.2, 0) is 11.3 Å². The highest BCUT2D eigenvalue weighted by Gasteiger charge is 2.24. The van der Waals surface area contributed by atoms with Gasteiger partial charge in [0.05, 0.1) is 12.3 Å². The lowest BCUT2D eigenvalue weighted by molar-refractivity contribution is 0.0525. The third-order valence-corrected chi connectivity index (χ3v) is 5.85. The van der Waals surface area contributed by atoms with E-state index < -0.39 is 0 Å². The van der Waals surface area contributed by atoms with Crippen molar-refractivity contribution in [3.05, 3.63) is 16.1 Å². The van der Waals surface area contributed by atoms with Crippen molar-refractivity contribution in [2.45, 2.75) is 51.6 Å². The summed E-state index contributed by atoms with van der Waals surface area (Å²) in [5.74, 6) is -0.354. The number of rotatable bonds is 5. The summed E-state index contributed by atoms with van der Waals surface area (Å²) in [7, 11) is 0. The minimum absolute atomic E-state index is 0.0785. The number of nitrogens with zero attached hydrogens (tertiary/aromatic N) is 3. The van der Waals surface area contributed by atoms with Crippen molar-refractivity contribution >= 4 is 23.3 Å². The largest absolute Gasteiger partial charge is 0.461 e. The number of piperazine rings is 1. The molecule has 26 heavy (non-hydrogen) atoms. The zero-order valence-electron chi connectivity index (χ0n) is 15.4. The molecule has 1 aromatic rings. The number of amides is 2. The van der Waals surface area contributed by atoms with Crippen LogP contribution >= 0.6 is 11.3 Å². The molecule has 2 heterocycles. The number of hydrogen-bond acceptors (Lipinski definition) is 6. The van der Waals surface area contributed by atoms with Crippen molar-refractivity contribution in [2.24, 2.45) is 0 Å². The molecule has 2 fully saturated rings. The Kier molecular flexibility index (Phi) is 6.85. The Morgan fingerprint density at radius 3 is 2.65 bits per heavy atom. The van der Waals surface area contributed by atoms with E-state index in [2.05, 4.69) is 15.2 Å². The molecule has 0 unspecified atom stereocenters. The first-order valence-electron chi connectivity index (χ1n) is 9.55. The second-order valence-corrected chi connectivity index (χ2v) is 7.77. The maximum atomic E-state index is 12.4. The molecule has 3 rings (SSSR count). The number of nitrogens with one attached hydrogen (secondary N) is 1. The standard InChI is InChI=1S/C18H28N4O3S/c1-2-25-17(23)16-19-15(13-26-16)12-21-8-10-22(11-9-21)18(24)20-14-6-4-3-5-7-14/h13-14H,2-12H2,1H3,(H,20,24). The highest BCUT2D eigenvalue weighted by molar-refractivity contribution is 7.11. The third kappa shape index (κ3) is 5.17. The lowest BCUT2D eigenvalue weighted by Gasteiger charge is -2.35. The van der Waals surface area contributed by atoms with Crippen molar-refractivity contribution in [1.29, 1.82) is 0 Å². The molecule has 8 heteroatoms. The number of urea groups is 1. The van der Waals surface area contributed by atoms with E-state index in [1.54, 1.807) is 6.92 Å². The zero-order valence-corrected chi connectivity index (χ0v) is 16.2. The first-order valence-corrected chi connectivity index (χ1v) is 10.4. The Labute approximate surface area is 158 Å². The maximum Gasteiger partial charge on any atom is 0.367 e. The highest BCUT2D eigenvalue weighted by Crippen LogP contribution is 2.18. The lowest BCUT2D eigenvalue weighted by atomic mass is 9.96. The smallest absolute Gasteiger partial charge is 0.367 e. The first kappa shape index (κ1) is 19.1. The molecule has 0 atom stereocenters. The van der Waals surface area contributed by atoms with Crippen LogP contribution in [0.3, 0.4) is 0 Å². The zero-order chi connectivity index (χ0) is 18.4.